The molecule has 0 aromatic heterocycles. The van der Waals surface area contributed by atoms with Crippen molar-refractivity contribution in [1.82, 2.24) is 5.32 Å². The van der Waals surface area contributed by atoms with Crippen molar-refractivity contribution < 1.29 is 0 Å². The second-order valence-electron chi connectivity index (χ2n) is 3.51. The lowest BCUT2D eigenvalue weighted by Crippen LogP contribution is -2.16. The van der Waals surface area contributed by atoms with Crippen LogP contribution >= 0.6 is 0 Å². The van der Waals surface area contributed by atoms with Gasteiger partial charge in [0.25, 0.3) is 0 Å². The zero-order chi connectivity index (χ0) is 8.65. The van der Waals surface area contributed by atoms with Crippen LogP contribution in [-0.4, -0.2) is 13.1 Å². The van der Waals surface area contributed by atoms with Gasteiger partial charge in [0.15, 0.2) is 0 Å². The minimum Gasteiger partial charge on any atom is -0.316 e. The van der Waals surface area contributed by atoms with Gasteiger partial charge < -0.3 is 5.32 Å². The van der Waals surface area contributed by atoms with Gasteiger partial charge in [-0.25, -0.2) is 0 Å². The Hall–Kier alpha value is -0.480. The van der Waals surface area contributed by atoms with Crippen LogP contribution in [0, 0.1) is 17.8 Å². The van der Waals surface area contributed by atoms with E-state index in [1.807, 2.05) is 6.92 Å². The van der Waals surface area contributed by atoms with Gasteiger partial charge in [0.05, 0.1) is 0 Å². The molecule has 1 aliphatic carbocycles. The molecule has 0 amide bonds. The maximum absolute atomic E-state index is 3.40. The molecule has 1 aliphatic rings. The van der Waals surface area contributed by atoms with Crippen LogP contribution in [0.15, 0.2) is 0 Å². The van der Waals surface area contributed by atoms with Gasteiger partial charge in [-0.2, -0.15) is 0 Å². The predicted octanol–water partition coefficient (Wildman–Crippen LogP) is 2.18. The van der Waals surface area contributed by atoms with E-state index in [1.54, 1.807) is 0 Å². The fraction of sp³-hybridized carbons (Fsp3) is 0.818. The molecule has 0 radical (unpaired) electrons. The Bertz CT molecular complexity index is 160. The fourth-order valence-corrected chi connectivity index (χ4v) is 1.32. The minimum atomic E-state index is 1.000. The number of nitrogens with one attached hydrogen (secondary N) is 1. The average molecular weight is 165 g/mol. The zero-order valence-electron chi connectivity index (χ0n) is 8.03. The molecule has 1 rings (SSSR count). The lowest BCUT2D eigenvalue weighted by molar-refractivity contribution is 0.599. The first-order valence-corrected chi connectivity index (χ1v) is 5.04. The van der Waals surface area contributed by atoms with Crippen molar-refractivity contribution in [1.29, 1.82) is 0 Å². The van der Waals surface area contributed by atoms with Gasteiger partial charge in [-0.05, 0) is 32.2 Å². The monoisotopic (exact) mass is 165 g/mol. The van der Waals surface area contributed by atoms with E-state index in [2.05, 4.69) is 17.2 Å². The van der Waals surface area contributed by atoms with Crippen LogP contribution in [0.1, 0.15) is 39.0 Å². The van der Waals surface area contributed by atoms with Crippen LogP contribution in [0.25, 0.3) is 0 Å². The normalized spacial score (nSPS) is 15.4. The van der Waals surface area contributed by atoms with Gasteiger partial charge >= 0.3 is 0 Å². The molecule has 12 heavy (non-hydrogen) atoms. The number of rotatable bonds is 6. The topological polar surface area (TPSA) is 12.0 Å². The summed E-state index contributed by atoms with van der Waals surface area (Å²) in [6, 6.07) is 0. The lowest BCUT2D eigenvalue weighted by atomic mass is 10.2. The second-order valence-corrected chi connectivity index (χ2v) is 3.51. The Morgan fingerprint density at radius 1 is 1.33 bits per heavy atom. The maximum atomic E-state index is 3.40. The maximum Gasteiger partial charge on any atom is 0.0214 e. The van der Waals surface area contributed by atoms with Crippen LogP contribution in [0.5, 0.6) is 0 Å². The van der Waals surface area contributed by atoms with Crippen molar-refractivity contribution in [3.05, 3.63) is 0 Å². The summed E-state index contributed by atoms with van der Waals surface area (Å²) in [5.41, 5.74) is 0. The molecule has 0 spiro atoms. The van der Waals surface area contributed by atoms with Crippen molar-refractivity contribution in [2.75, 3.05) is 13.1 Å². The molecule has 0 saturated heterocycles. The largest absolute Gasteiger partial charge is 0.316 e. The summed E-state index contributed by atoms with van der Waals surface area (Å²) < 4.78 is 0. The van der Waals surface area contributed by atoms with Crippen LogP contribution in [0.4, 0.5) is 0 Å². The molecule has 0 atom stereocenters. The SMILES string of the molecule is CC#CCCNCCCC1CC1. The highest BCUT2D eigenvalue weighted by Gasteiger charge is 2.19. The summed E-state index contributed by atoms with van der Waals surface area (Å²) >= 11 is 0. The quantitative estimate of drug-likeness (QED) is 0.470. The molecule has 0 aromatic carbocycles. The molecule has 1 saturated carbocycles. The highest BCUT2D eigenvalue weighted by atomic mass is 14.8. The van der Waals surface area contributed by atoms with Gasteiger partial charge in [-0.15, -0.1) is 11.8 Å². The van der Waals surface area contributed by atoms with E-state index in [1.165, 1.54) is 32.2 Å². The summed E-state index contributed by atoms with van der Waals surface area (Å²) in [6.45, 7) is 4.14. The molecule has 0 aromatic rings. The first kappa shape index (κ1) is 9.61. The van der Waals surface area contributed by atoms with Gasteiger partial charge in [-0.3, -0.25) is 0 Å². The molecule has 1 heteroatoms. The molecular weight excluding hydrogens is 146 g/mol. The van der Waals surface area contributed by atoms with Crippen molar-refractivity contribution in [3.8, 4) is 11.8 Å². The molecule has 0 bridgehead atoms. The molecule has 1 N–H and O–H groups in total. The Labute approximate surface area is 75.9 Å². The average Bonchev–Trinajstić information content (AvgIpc) is 2.87. The van der Waals surface area contributed by atoms with E-state index in [9.17, 15) is 0 Å². The molecule has 0 aliphatic heterocycles. The van der Waals surface area contributed by atoms with E-state index in [0.29, 0.717) is 0 Å². The van der Waals surface area contributed by atoms with E-state index < -0.39 is 0 Å². The van der Waals surface area contributed by atoms with Crippen molar-refractivity contribution >= 4 is 0 Å². The van der Waals surface area contributed by atoms with Crippen LogP contribution in [-0.2, 0) is 0 Å². The molecule has 68 valence electrons. The van der Waals surface area contributed by atoms with E-state index in [0.717, 1.165) is 18.9 Å². The van der Waals surface area contributed by atoms with Gasteiger partial charge in [0.1, 0.15) is 0 Å². The Morgan fingerprint density at radius 3 is 2.83 bits per heavy atom. The van der Waals surface area contributed by atoms with Gasteiger partial charge in [-0.1, -0.05) is 12.8 Å². The van der Waals surface area contributed by atoms with Crippen LogP contribution < -0.4 is 5.32 Å². The number of hydrogen-bond donors (Lipinski definition) is 1. The third-order valence-corrected chi connectivity index (χ3v) is 2.27. The molecule has 1 fully saturated rings. The van der Waals surface area contributed by atoms with Crippen molar-refractivity contribution in [2.45, 2.75) is 39.0 Å². The Balaban J connectivity index is 1.72. The standard InChI is InChI=1S/C11H19N/c1-2-3-4-9-12-10-5-6-11-7-8-11/h11-12H,4-10H2,1H3. The van der Waals surface area contributed by atoms with Gasteiger partial charge in [0, 0.05) is 13.0 Å². The Kier molecular flexibility index (Phi) is 4.87. The third kappa shape index (κ3) is 5.21. The summed E-state index contributed by atoms with van der Waals surface area (Å²) in [7, 11) is 0. The van der Waals surface area contributed by atoms with E-state index in [4.69, 9.17) is 0 Å². The van der Waals surface area contributed by atoms with Crippen LogP contribution in [0.2, 0.25) is 0 Å². The van der Waals surface area contributed by atoms with Gasteiger partial charge in [0.2, 0.25) is 0 Å². The Morgan fingerprint density at radius 2 is 2.17 bits per heavy atom. The van der Waals surface area contributed by atoms with Crippen molar-refractivity contribution in [3.63, 3.8) is 0 Å². The first-order chi connectivity index (χ1) is 5.93. The van der Waals surface area contributed by atoms with Crippen LogP contribution in [0.3, 0.4) is 0 Å². The molecule has 0 unspecified atom stereocenters. The minimum absolute atomic E-state index is 1.000. The van der Waals surface area contributed by atoms with E-state index in [-0.39, 0.29) is 0 Å². The highest BCUT2D eigenvalue weighted by molar-refractivity contribution is 4.95. The number of hydrogen-bond acceptors (Lipinski definition) is 1. The lowest BCUT2D eigenvalue weighted by Gasteiger charge is -2.00. The van der Waals surface area contributed by atoms with Crippen molar-refractivity contribution in [2.24, 2.45) is 5.92 Å². The molecule has 1 nitrogen and oxygen atoms in total. The highest BCUT2D eigenvalue weighted by Crippen LogP contribution is 2.33. The first-order valence-electron chi connectivity index (χ1n) is 5.04. The summed E-state index contributed by atoms with van der Waals surface area (Å²) in [5, 5.41) is 3.40. The smallest absolute Gasteiger partial charge is 0.0214 e. The molecule has 0 heterocycles. The predicted molar refractivity (Wildman–Crippen MR) is 52.9 cm³/mol. The summed E-state index contributed by atoms with van der Waals surface area (Å²) in [6.07, 6.45) is 6.76. The second kappa shape index (κ2) is 6.08. The third-order valence-electron chi connectivity index (χ3n) is 2.27. The summed E-state index contributed by atoms with van der Waals surface area (Å²) in [4.78, 5) is 0. The van der Waals surface area contributed by atoms with E-state index >= 15 is 0 Å². The zero-order valence-corrected chi connectivity index (χ0v) is 8.03. The summed E-state index contributed by atoms with van der Waals surface area (Å²) in [5.74, 6) is 7.03. The molecular formula is C11H19N. The fourth-order valence-electron chi connectivity index (χ4n) is 1.32.